The Morgan fingerprint density at radius 1 is 1.59 bits per heavy atom. The number of hydrogen-bond donors (Lipinski definition) is 2. The molecule has 1 rings (SSSR count). The van der Waals surface area contributed by atoms with E-state index in [0.29, 0.717) is 12.4 Å². The summed E-state index contributed by atoms with van der Waals surface area (Å²) in [5.74, 6) is 0.597. The average Bonchev–Trinajstić information content (AvgIpc) is 2.59. The van der Waals surface area contributed by atoms with Gasteiger partial charge < -0.3 is 20.9 Å². The minimum Gasteiger partial charge on any atom is -0.430 e. The van der Waals surface area contributed by atoms with Crippen molar-refractivity contribution in [1.29, 1.82) is 0 Å². The van der Waals surface area contributed by atoms with Crippen LogP contribution in [0.4, 0.5) is 4.79 Å². The highest BCUT2D eigenvalue weighted by molar-refractivity contribution is 5.77. The van der Waals surface area contributed by atoms with Crippen molar-refractivity contribution in [2.45, 2.75) is 44.8 Å². The van der Waals surface area contributed by atoms with Gasteiger partial charge in [0.2, 0.25) is 0 Å². The molecule has 6 nitrogen and oxygen atoms in total. The Balaban J connectivity index is 2.23. The van der Waals surface area contributed by atoms with Crippen LogP contribution in [0.25, 0.3) is 0 Å². The van der Waals surface area contributed by atoms with Gasteiger partial charge in [-0.2, -0.15) is 0 Å². The number of cyclic esters (lactones) is 2. The van der Waals surface area contributed by atoms with Gasteiger partial charge in [0.1, 0.15) is 6.61 Å². The second-order valence-corrected chi connectivity index (χ2v) is 4.58. The van der Waals surface area contributed by atoms with Gasteiger partial charge in [-0.1, -0.05) is 0 Å². The van der Waals surface area contributed by atoms with Crippen molar-refractivity contribution < 1.29 is 14.3 Å². The first-order valence-corrected chi connectivity index (χ1v) is 5.82. The van der Waals surface area contributed by atoms with Gasteiger partial charge in [0.15, 0.2) is 5.60 Å². The first-order chi connectivity index (χ1) is 7.94. The maximum atomic E-state index is 10.9. The van der Waals surface area contributed by atoms with Crippen molar-refractivity contribution in [2.24, 2.45) is 16.5 Å². The third-order valence-corrected chi connectivity index (χ3v) is 2.86. The predicted octanol–water partition coefficient (Wildman–Crippen LogP) is 0.787. The normalized spacial score (nSPS) is 26.5. The maximum Gasteiger partial charge on any atom is 0.509 e. The zero-order chi connectivity index (χ0) is 12.9. The van der Waals surface area contributed by atoms with Crippen LogP contribution in [0.1, 0.15) is 33.1 Å². The van der Waals surface area contributed by atoms with Crippen molar-refractivity contribution in [1.82, 2.24) is 0 Å². The third kappa shape index (κ3) is 4.22. The smallest absolute Gasteiger partial charge is 0.430 e. The highest BCUT2D eigenvalue weighted by atomic mass is 16.8. The van der Waals surface area contributed by atoms with Crippen LogP contribution in [0, 0.1) is 0 Å². The number of nitrogens with zero attached hydrogens (tertiary/aromatic N) is 1. The number of amidine groups is 1. The molecule has 98 valence electrons. The van der Waals surface area contributed by atoms with E-state index < -0.39 is 11.8 Å². The fraction of sp³-hybridized carbons (Fsp3) is 0.818. The standard InChI is InChI=1S/C11H21N3O3/c1-8(12)14-6-4-3-5-9(13)11(2)7-16-10(15)17-11/h9H,3-7,13H2,1-2H3,(H2,12,14). The van der Waals surface area contributed by atoms with Crippen LogP contribution in [-0.4, -0.2) is 36.8 Å². The number of hydrogen-bond acceptors (Lipinski definition) is 5. The van der Waals surface area contributed by atoms with Gasteiger partial charge in [-0.15, -0.1) is 0 Å². The van der Waals surface area contributed by atoms with Gasteiger partial charge in [0.05, 0.1) is 5.84 Å². The van der Waals surface area contributed by atoms with Crippen LogP contribution in [0.3, 0.4) is 0 Å². The summed E-state index contributed by atoms with van der Waals surface area (Å²) in [6.07, 6.45) is 1.98. The Labute approximate surface area is 101 Å². The molecule has 1 fully saturated rings. The molecule has 0 spiro atoms. The van der Waals surface area contributed by atoms with E-state index in [1.165, 1.54) is 0 Å². The van der Waals surface area contributed by atoms with E-state index in [1.54, 1.807) is 13.8 Å². The van der Waals surface area contributed by atoms with Gasteiger partial charge in [0.25, 0.3) is 0 Å². The number of carbonyl (C=O) groups is 1. The number of ether oxygens (including phenoxy) is 2. The van der Waals surface area contributed by atoms with E-state index in [4.69, 9.17) is 20.9 Å². The summed E-state index contributed by atoms with van der Waals surface area (Å²) in [6.45, 7) is 4.50. The zero-order valence-corrected chi connectivity index (χ0v) is 10.4. The molecule has 0 aliphatic carbocycles. The van der Waals surface area contributed by atoms with Crippen LogP contribution in [0.5, 0.6) is 0 Å². The summed E-state index contributed by atoms with van der Waals surface area (Å²) in [6, 6.07) is -0.211. The van der Waals surface area contributed by atoms with E-state index in [0.717, 1.165) is 19.3 Å². The van der Waals surface area contributed by atoms with Crippen molar-refractivity contribution in [3.63, 3.8) is 0 Å². The molecule has 1 aliphatic heterocycles. The molecule has 0 aromatic carbocycles. The minimum absolute atomic E-state index is 0.211. The number of carbonyl (C=O) groups excluding carboxylic acids is 1. The topological polar surface area (TPSA) is 99.9 Å². The molecule has 0 aromatic heterocycles. The number of aliphatic imine (C=N–C) groups is 1. The monoisotopic (exact) mass is 243 g/mol. The van der Waals surface area contributed by atoms with Gasteiger partial charge in [-0.3, -0.25) is 4.99 Å². The molecular weight excluding hydrogens is 222 g/mol. The van der Waals surface area contributed by atoms with E-state index >= 15 is 0 Å². The Hall–Kier alpha value is -1.30. The largest absolute Gasteiger partial charge is 0.509 e. The van der Waals surface area contributed by atoms with E-state index in [-0.39, 0.29) is 12.6 Å². The highest BCUT2D eigenvalue weighted by Crippen LogP contribution is 2.25. The Kier molecular flexibility index (Phi) is 4.74. The number of rotatable bonds is 6. The molecular formula is C11H21N3O3. The molecule has 2 unspecified atom stereocenters. The second kappa shape index (κ2) is 5.86. The van der Waals surface area contributed by atoms with Crippen molar-refractivity contribution in [3.8, 4) is 0 Å². The van der Waals surface area contributed by atoms with Gasteiger partial charge in [0, 0.05) is 12.6 Å². The predicted molar refractivity (Wildman–Crippen MR) is 64.8 cm³/mol. The molecule has 0 bridgehead atoms. The molecule has 17 heavy (non-hydrogen) atoms. The number of nitrogens with two attached hydrogens (primary N) is 2. The van der Waals surface area contributed by atoms with Crippen LogP contribution in [0.2, 0.25) is 0 Å². The summed E-state index contributed by atoms with van der Waals surface area (Å²) in [4.78, 5) is 15.0. The first kappa shape index (κ1) is 13.8. The summed E-state index contributed by atoms with van der Waals surface area (Å²) in [7, 11) is 0. The van der Waals surface area contributed by atoms with Crippen LogP contribution >= 0.6 is 0 Å². The SMILES string of the molecule is CC(N)=NCCCCC(N)C1(C)COC(=O)O1. The van der Waals surface area contributed by atoms with E-state index in [9.17, 15) is 4.79 Å². The lowest BCUT2D eigenvalue weighted by Crippen LogP contribution is -2.47. The summed E-state index contributed by atoms with van der Waals surface area (Å²) < 4.78 is 9.84. The highest BCUT2D eigenvalue weighted by Gasteiger charge is 2.42. The summed E-state index contributed by atoms with van der Waals surface area (Å²) in [5.41, 5.74) is 10.7. The van der Waals surface area contributed by atoms with Crippen LogP contribution < -0.4 is 11.5 Å². The average molecular weight is 243 g/mol. The molecule has 0 radical (unpaired) electrons. The molecule has 4 N–H and O–H groups in total. The Bertz CT molecular complexity index is 302. The second-order valence-electron chi connectivity index (χ2n) is 4.58. The molecule has 1 heterocycles. The fourth-order valence-corrected chi connectivity index (χ4v) is 1.67. The molecule has 0 aromatic rings. The first-order valence-electron chi connectivity index (χ1n) is 5.82. The summed E-state index contributed by atoms with van der Waals surface area (Å²) >= 11 is 0. The van der Waals surface area contributed by atoms with E-state index in [2.05, 4.69) is 4.99 Å². The van der Waals surface area contributed by atoms with Crippen molar-refractivity contribution >= 4 is 12.0 Å². The quantitative estimate of drug-likeness (QED) is 0.311. The van der Waals surface area contributed by atoms with Gasteiger partial charge in [-0.05, 0) is 33.1 Å². The van der Waals surface area contributed by atoms with Crippen LogP contribution in [0.15, 0.2) is 4.99 Å². The lowest BCUT2D eigenvalue weighted by Gasteiger charge is -2.26. The van der Waals surface area contributed by atoms with E-state index in [1.807, 2.05) is 0 Å². The molecule has 2 atom stereocenters. The lowest BCUT2D eigenvalue weighted by atomic mass is 9.93. The third-order valence-electron chi connectivity index (χ3n) is 2.86. The molecule has 0 amide bonds. The summed E-state index contributed by atoms with van der Waals surface area (Å²) in [5, 5.41) is 0. The van der Waals surface area contributed by atoms with Gasteiger partial charge in [-0.25, -0.2) is 4.79 Å². The zero-order valence-electron chi connectivity index (χ0n) is 10.4. The lowest BCUT2D eigenvalue weighted by molar-refractivity contribution is 0.0474. The molecule has 0 saturated carbocycles. The molecule has 1 aliphatic rings. The van der Waals surface area contributed by atoms with Crippen molar-refractivity contribution in [3.05, 3.63) is 0 Å². The number of unbranched alkanes of at least 4 members (excludes halogenated alkanes) is 1. The van der Waals surface area contributed by atoms with Crippen molar-refractivity contribution in [2.75, 3.05) is 13.2 Å². The Morgan fingerprint density at radius 2 is 2.29 bits per heavy atom. The molecule has 1 saturated heterocycles. The fourth-order valence-electron chi connectivity index (χ4n) is 1.67. The maximum absolute atomic E-state index is 10.9. The molecule has 6 heteroatoms. The minimum atomic E-state index is -0.690. The van der Waals surface area contributed by atoms with Gasteiger partial charge >= 0.3 is 6.16 Å². The van der Waals surface area contributed by atoms with Crippen LogP contribution in [-0.2, 0) is 9.47 Å². The Morgan fingerprint density at radius 3 is 2.82 bits per heavy atom.